The van der Waals surface area contributed by atoms with Crippen molar-refractivity contribution in [2.75, 3.05) is 6.61 Å². The highest BCUT2D eigenvalue weighted by Crippen LogP contribution is 2.15. The lowest BCUT2D eigenvalue weighted by Crippen LogP contribution is -2.45. The van der Waals surface area contributed by atoms with Crippen molar-refractivity contribution in [3.63, 3.8) is 0 Å². The van der Waals surface area contributed by atoms with E-state index in [4.69, 9.17) is 0 Å². The number of alkyl halides is 3. The second-order valence-corrected chi connectivity index (χ2v) is 4.10. The van der Waals surface area contributed by atoms with Crippen LogP contribution in [-0.2, 0) is 14.3 Å². The highest BCUT2D eigenvalue weighted by Gasteiger charge is 2.39. The standard InChI is InChI=1S/C10H16F3NO3/c1-6(2)4-8(5-17-7(3)15)14-9(16)10(11,12)13/h6,8H,4-5H2,1-3H3,(H,14,16)/t8-/m1/s1. The molecule has 4 nitrogen and oxygen atoms in total. The predicted octanol–water partition coefficient (Wildman–Crippen LogP) is 1.64. The van der Waals surface area contributed by atoms with Gasteiger partial charge in [-0.25, -0.2) is 0 Å². The monoisotopic (exact) mass is 255 g/mol. The number of carbonyl (C=O) groups excluding carboxylic acids is 2. The third-order valence-electron chi connectivity index (χ3n) is 1.84. The van der Waals surface area contributed by atoms with Crippen molar-refractivity contribution in [3.8, 4) is 0 Å². The quantitative estimate of drug-likeness (QED) is 0.760. The third-order valence-corrected chi connectivity index (χ3v) is 1.84. The largest absolute Gasteiger partial charge is 0.471 e. The Labute approximate surface area is 97.5 Å². The zero-order chi connectivity index (χ0) is 13.6. The van der Waals surface area contributed by atoms with Crippen LogP contribution in [0.4, 0.5) is 13.2 Å². The number of esters is 1. The average molecular weight is 255 g/mol. The van der Waals surface area contributed by atoms with Gasteiger partial charge in [0.15, 0.2) is 0 Å². The summed E-state index contributed by atoms with van der Waals surface area (Å²) in [5.41, 5.74) is 0. The van der Waals surface area contributed by atoms with E-state index in [1.54, 1.807) is 19.2 Å². The second-order valence-electron chi connectivity index (χ2n) is 4.10. The van der Waals surface area contributed by atoms with Gasteiger partial charge in [-0.15, -0.1) is 0 Å². The molecule has 0 spiro atoms. The molecule has 0 aliphatic heterocycles. The number of hydrogen-bond acceptors (Lipinski definition) is 3. The molecular weight excluding hydrogens is 239 g/mol. The molecule has 0 aromatic carbocycles. The van der Waals surface area contributed by atoms with Crippen LogP contribution in [0.25, 0.3) is 0 Å². The topological polar surface area (TPSA) is 55.4 Å². The lowest BCUT2D eigenvalue weighted by Gasteiger charge is -2.20. The molecule has 0 bridgehead atoms. The fourth-order valence-corrected chi connectivity index (χ4v) is 1.22. The van der Waals surface area contributed by atoms with Crippen LogP contribution in [0.3, 0.4) is 0 Å². The first-order chi connectivity index (χ1) is 7.62. The number of rotatable bonds is 5. The Balaban J connectivity index is 4.38. The van der Waals surface area contributed by atoms with Crippen LogP contribution >= 0.6 is 0 Å². The summed E-state index contributed by atoms with van der Waals surface area (Å²) in [5.74, 6) is -2.54. The Morgan fingerprint density at radius 2 is 1.82 bits per heavy atom. The van der Waals surface area contributed by atoms with E-state index in [0.717, 1.165) is 6.92 Å². The molecule has 100 valence electrons. The minimum Gasteiger partial charge on any atom is -0.464 e. The van der Waals surface area contributed by atoms with Crippen molar-refractivity contribution in [2.45, 2.75) is 39.4 Å². The van der Waals surface area contributed by atoms with Gasteiger partial charge in [0.1, 0.15) is 6.61 Å². The molecule has 7 heteroatoms. The summed E-state index contributed by atoms with van der Waals surface area (Å²) in [6.45, 7) is 4.48. The van der Waals surface area contributed by atoms with E-state index < -0.39 is 24.1 Å². The molecule has 1 atom stereocenters. The molecule has 0 radical (unpaired) electrons. The van der Waals surface area contributed by atoms with Crippen LogP contribution in [0.5, 0.6) is 0 Å². The SMILES string of the molecule is CC(=O)OC[C@@H](CC(C)C)NC(=O)C(F)(F)F. The van der Waals surface area contributed by atoms with E-state index >= 15 is 0 Å². The zero-order valence-corrected chi connectivity index (χ0v) is 9.93. The first-order valence-electron chi connectivity index (χ1n) is 5.14. The van der Waals surface area contributed by atoms with Gasteiger partial charge >= 0.3 is 18.1 Å². The van der Waals surface area contributed by atoms with Crippen molar-refractivity contribution < 1.29 is 27.5 Å². The van der Waals surface area contributed by atoms with Gasteiger partial charge < -0.3 is 10.1 Å². The van der Waals surface area contributed by atoms with Crippen LogP contribution in [0, 0.1) is 5.92 Å². The Morgan fingerprint density at radius 1 is 1.29 bits per heavy atom. The Bertz CT molecular complexity index is 276. The van der Waals surface area contributed by atoms with E-state index in [2.05, 4.69) is 4.74 Å². The molecule has 0 aromatic rings. The number of ether oxygens (including phenoxy) is 1. The van der Waals surface area contributed by atoms with Gasteiger partial charge in [-0.2, -0.15) is 13.2 Å². The Hall–Kier alpha value is -1.27. The lowest BCUT2D eigenvalue weighted by molar-refractivity contribution is -0.175. The molecule has 0 aliphatic rings. The van der Waals surface area contributed by atoms with Crippen molar-refractivity contribution in [1.82, 2.24) is 5.32 Å². The summed E-state index contributed by atoms with van der Waals surface area (Å²) in [7, 11) is 0. The van der Waals surface area contributed by atoms with Gasteiger partial charge in [-0.05, 0) is 12.3 Å². The van der Waals surface area contributed by atoms with E-state index in [-0.39, 0.29) is 12.5 Å². The van der Waals surface area contributed by atoms with Crippen LogP contribution in [0.15, 0.2) is 0 Å². The van der Waals surface area contributed by atoms with E-state index in [0.29, 0.717) is 6.42 Å². The first kappa shape index (κ1) is 15.7. The maximum Gasteiger partial charge on any atom is 0.471 e. The van der Waals surface area contributed by atoms with Crippen molar-refractivity contribution in [2.24, 2.45) is 5.92 Å². The summed E-state index contributed by atoms with van der Waals surface area (Å²) in [6, 6.07) is -0.826. The summed E-state index contributed by atoms with van der Waals surface area (Å²) < 4.78 is 40.7. The van der Waals surface area contributed by atoms with E-state index in [1.165, 1.54) is 0 Å². The molecule has 0 saturated heterocycles. The maximum atomic E-state index is 12.0. The van der Waals surface area contributed by atoms with Crippen LogP contribution in [-0.4, -0.2) is 30.7 Å². The second kappa shape index (κ2) is 6.46. The van der Waals surface area contributed by atoms with Gasteiger partial charge in [-0.1, -0.05) is 13.8 Å². The molecular formula is C10H16F3NO3. The average Bonchev–Trinajstić information content (AvgIpc) is 2.11. The first-order valence-corrected chi connectivity index (χ1v) is 5.14. The predicted molar refractivity (Wildman–Crippen MR) is 54.1 cm³/mol. The van der Waals surface area contributed by atoms with Gasteiger partial charge in [0.2, 0.25) is 0 Å². The number of amides is 1. The van der Waals surface area contributed by atoms with E-state index in [9.17, 15) is 22.8 Å². The minimum absolute atomic E-state index is 0.0732. The highest BCUT2D eigenvalue weighted by atomic mass is 19.4. The highest BCUT2D eigenvalue weighted by molar-refractivity contribution is 5.82. The molecule has 0 saturated carbocycles. The van der Waals surface area contributed by atoms with Crippen molar-refractivity contribution in [3.05, 3.63) is 0 Å². The van der Waals surface area contributed by atoms with Crippen molar-refractivity contribution in [1.29, 1.82) is 0 Å². The smallest absolute Gasteiger partial charge is 0.464 e. The molecule has 0 fully saturated rings. The zero-order valence-electron chi connectivity index (χ0n) is 9.93. The molecule has 0 unspecified atom stereocenters. The normalized spacial score (nSPS) is 13.4. The minimum atomic E-state index is -4.93. The molecule has 1 N–H and O–H groups in total. The van der Waals surface area contributed by atoms with Gasteiger partial charge in [0, 0.05) is 6.92 Å². The van der Waals surface area contributed by atoms with Crippen LogP contribution in [0.2, 0.25) is 0 Å². The van der Waals surface area contributed by atoms with E-state index in [1.807, 2.05) is 0 Å². The number of hydrogen-bond donors (Lipinski definition) is 1. The van der Waals surface area contributed by atoms with Crippen LogP contribution < -0.4 is 5.32 Å². The Morgan fingerprint density at radius 3 is 2.18 bits per heavy atom. The molecule has 1 amide bonds. The summed E-state index contributed by atoms with van der Waals surface area (Å²) in [5, 5.41) is 1.80. The van der Waals surface area contributed by atoms with Crippen molar-refractivity contribution >= 4 is 11.9 Å². The lowest BCUT2D eigenvalue weighted by atomic mass is 10.0. The Kier molecular flexibility index (Phi) is 5.98. The number of nitrogens with one attached hydrogen (secondary N) is 1. The maximum absolute atomic E-state index is 12.0. The third kappa shape index (κ3) is 7.59. The van der Waals surface area contributed by atoms with Gasteiger partial charge in [0.05, 0.1) is 6.04 Å². The number of carbonyl (C=O) groups is 2. The molecule has 0 rings (SSSR count). The number of halogens is 3. The van der Waals surface area contributed by atoms with Gasteiger partial charge in [0.25, 0.3) is 0 Å². The molecule has 17 heavy (non-hydrogen) atoms. The van der Waals surface area contributed by atoms with Gasteiger partial charge in [-0.3, -0.25) is 9.59 Å². The summed E-state index contributed by atoms with van der Waals surface area (Å²) >= 11 is 0. The summed E-state index contributed by atoms with van der Waals surface area (Å²) in [4.78, 5) is 21.3. The fraction of sp³-hybridized carbons (Fsp3) is 0.800. The fourth-order valence-electron chi connectivity index (χ4n) is 1.22. The van der Waals surface area contributed by atoms with Crippen LogP contribution in [0.1, 0.15) is 27.2 Å². The molecule has 0 aromatic heterocycles. The summed E-state index contributed by atoms with van der Waals surface area (Å²) in [6.07, 6.45) is -4.62. The molecule has 0 heterocycles. The molecule has 0 aliphatic carbocycles.